The summed E-state index contributed by atoms with van der Waals surface area (Å²) in [6.07, 6.45) is -0.652. The number of hydrogen-bond acceptors (Lipinski definition) is 4. The lowest BCUT2D eigenvalue weighted by Gasteiger charge is -2.36. The van der Waals surface area contributed by atoms with Crippen LogP contribution in [0.5, 0.6) is 0 Å². The molecule has 2 saturated heterocycles. The fourth-order valence-electron chi connectivity index (χ4n) is 3.31. The normalized spacial score (nSPS) is 32.5. The van der Waals surface area contributed by atoms with Gasteiger partial charge in [-0.2, -0.15) is 0 Å². The van der Waals surface area contributed by atoms with Gasteiger partial charge in [0.2, 0.25) is 0 Å². The molecule has 0 unspecified atom stereocenters. The van der Waals surface area contributed by atoms with Gasteiger partial charge in [-0.15, -0.1) is 0 Å². The SMILES string of the molecule is CC1(C)C(=O)O[C@]2(c3ccc(Cl)cc3)[C@@H]1OC(=O)C2(C)C. The Hall–Kier alpha value is -1.55. The molecule has 0 amide bonds. The molecule has 0 spiro atoms. The smallest absolute Gasteiger partial charge is 0.316 e. The Morgan fingerprint density at radius 2 is 1.57 bits per heavy atom. The molecule has 0 saturated carbocycles. The Balaban J connectivity index is 2.26. The molecule has 2 heterocycles. The van der Waals surface area contributed by atoms with Crippen molar-refractivity contribution < 1.29 is 19.1 Å². The lowest BCUT2D eigenvalue weighted by molar-refractivity contribution is -0.166. The number of carbonyl (C=O) groups excluding carboxylic acids is 2. The molecule has 0 bridgehead atoms. The minimum absolute atomic E-state index is 0.358. The maximum absolute atomic E-state index is 12.3. The van der Waals surface area contributed by atoms with E-state index < -0.39 is 22.5 Å². The highest BCUT2D eigenvalue weighted by molar-refractivity contribution is 6.30. The van der Waals surface area contributed by atoms with E-state index in [2.05, 4.69) is 0 Å². The van der Waals surface area contributed by atoms with E-state index in [-0.39, 0.29) is 11.9 Å². The Morgan fingerprint density at radius 1 is 1.00 bits per heavy atom. The average molecular weight is 309 g/mol. The van der Waals surface area contributed by atoms with Crippen molar-refractivity contribution >= 4 is 23.5 Å². The minimum Gasteiger partial charge on any atom is -0.456 e. The van der Waals surface area contributed by atoms with Crippen LogP contribution >= 0.6 is 11.6 Å². The molecule has 0 aromatic heterocycles. The average Bonchev–Trinajstić information content (AvgIpc) is 2.73. The van der Waals surface area contributed by atoms with Gasteiger partial charge in [-0.05, 0) is 39.8 Å². The van der Waals surface area contributed by atoms with E-state index in [4.69, 9.17) is 21.1 Å². The molecule has 2 aliphatic heterocycles. The van der Waals surface area contributed by atoms with Crippen molar-refractivity contribution in [2.75, 3.05) is 0 Å². The van der Waals surface area contributed by atoms with Crippen molar-refractivity contribution in [1.82, 2.24) is 0 Å². The molecule has 4 nitrogen and oxygen atoms in total. The van der Waals surface area contributed by atoms with Gasteiger partial charge in [0, 0.05) is 10.6 Å². The van der Waals surface area contributed by atoms with Gasteiger partial charge in [0.25, 0.3) is 0 Å². The van der Waals surface area contributed by atoms with Gasteiger partial charge in [0.15, 0.2) is 11.7 Å². The van der Waals surface area contributed by atoms with Crippen molar-refractivity contribution in [2.45, 2.75) is 39.4 Å². The highest BCUT2D eigenvalue weighted by atomic mass is 35.5. The number of hydrogen-bond donors (Lipinski definition) is 0. The Labute approximate surface area is 128 Å². The maximum Gasteiger partial charge on any atom is 0.316 e. The summed E-state index contributed by atoms with van der Waals surface area (Å²) in [5.41, 5.74) is -2.24. The van der Waals surface area contributed by atoms with E-state index in [1.165, 1.54) is 0 Å². The number of benzene rings is 1. The fourth-order valence-corrected chi connectivity index (χ4v) is 3.43. The van der Waals surface area contributed by atoms with Crippen LogP contribution in [0.4, 0.5) is 0 Å². The van der Waals surface area contributed by atoms with E-state index in [9.17, 15) is 9.59 Å². The predicted octanol–water partition coefficient (Wildman–Crippen LogP) is 3.07. The molecule has 2 aliphatic rings. The van der Waals surface area contributed by atoms with Crippen LogP contribution in [-0.4, -0.2) is 18.0 Å². The van der Waals surface area contributed by atoms with Crippen molar-refractivity contribution in [1.29, 1.82) is 0 Å². The van der Waals surface area contributed by atoms with Crippen LogP contribution in [0.2, 0.25) is 5.02 Å². The van der Waals surface area contributed by atoms with Gasteiger partial charge >= 0.3 is 11.9 Å². The summed E-state index contributed by atoms with van der Waals surface area (Å²) >= 11 is 5.94. The van der Waals surface area contributed by atoms with Crippen LogP contribution in [0.3, 0.4) is 0 Å². The van der Waals surface area contributed by atoms with Gasteiger partial charge in [0.1, 0.15) is 10.8 Å². The molecule has 1 aromatic carbocycles. The van der Waals surface area contributed by atoms with Crippen LogP contribution in [0, 0.1) is 10.8 Å². The summed E-state index contributed by atoms with van der Waals surface area (Å²) in [7, 11) is 0. The molecular weight excluding hydrogens is 292 g/mol. The van der Waals surface area contributed by atoms with E-state index >= 15 is 0 Å². The van der Waals surface area contributed by atoms with Gasteiger partial charge in [0.05, 0.1) is 0 Å². The number of halogens is 1. The number of ether oxygens (including phenoxy) is 2. The summed E-state index contributed by atoms with van der Waals surface area (Å²) in [5.74, 6) is -0.717. The molecule has 21 heavy (non-hydrogen) atoms. The number of fused-ring (bicyclic) bond motifs is 1. The zero-order valence-corrected chi connectivity index (χ0v) is 13.2. The highest BCUT2D eigenvalue weighted by Crippen LogP contribution is 2.61. The van der Waals surface area contributed by atoms with Crippen LogP contribution in [0.25, 0.3) is 0 Å². The zero-order chi connectivity index (χ0) is 15.6. The molecule has 5 heteroatoms. The van der Waals surface area contributed by atoms with Crippen molar-refractivity contribution in [3.8, 4) is 0 Å². The molecule has 1 aromatic rings. The molecule has 0 N–H and O–H groups in total. The minimum atomic E-state index is -1.12. The maximum atomic E-state index is 12.3. The zero-order valence-electron chi connectivity index (χ0n) is 12.4. The lowest BCUT2D eigenvalue weighted by Crippen LogP contribution is -2.47. The Morgan fingerprint density at radius 3 is 2.14 bits per heavy atom. The molecule has 3 rings (SSSR count). The van der Waals surface area contributed by atoms with Crippen LogP contribution in [0.15, 0.2) is 24.3 Å². The first kappa shape index (κ1) is 14.4. The summed E-state index contributed by atoms with van der Waals surface area (Å²) in [5, 5.41) is 0.582. The quantitative estimate of drug-likeness (QED) is 0.748. The fraction of sp³-hybridized carbons (Fsp3) is 0.500. The van der Waals surface area contributed by atoms with Gasteiger partial charge in [-0.25, -0.2) is 0 Å². The number of esters is 2. The third-order valence-corrected chi connectivity index (χ3v) is 4.99. The lowest BCUT2D eigenvalue weighted by atomic mass is 9.66. The summed E-state index contributed by atoms with van der Waals surface area (Å²) in [4.78, 5) is 24.6. The summed E-state index contributed by atoms with van der Waals surface area (Å²) in [6.45, 7) is 6.98. The molecule has 0 aliphatic carbocycles. The van der Waals surface area contributed by atoms with Crippen molar-refractivity contribution in [3.63, 3.8) is 0 Å². The predicted molar refractivity (Wildman–Crippen MR) is 76.7 cm³/mol. The van der Waals surface area contributed by atoms with Gasteiger partial charge in [-0.3, -0.25) is 9.59 Å². The van der Waals surface area contributed by atoms with Crippen LogP contribution < -0.4 is 0 Å². The largest absolute Gasteiger partial charge is 0.456 e. The molecule has 0 radical (unpaired) electrons. The van der Waals surface area contributed by atoms with Crippen LogP contribution in [-0.2, 0) is 24.7 Å². The second-order valence-electron chi connectivity index (χ2n) is 6.76. The second kappa shape index (κ2) is 4.01. The van der Waals surface area contributed by atoms with E-state index in [1.54, 1.807) is 52.0 Å². The third-order valence-electron chi connectivity index (χ3n) is 4.74. The van der Waals surface area contributed by atoms with Gasteiger partial charge in [-0.1, -0.05) is 23.7 Å². The topological polar surface area (TPSA) is 52.6 Å². The molecule has 2 atom stereocenters. The van der Waals surface area contributed by atoms with Crippen molar-refractivity contribution in [2.24, 2.45) is 10.8 Å². The summed E-state index contributed by atoms with van der Waals surface area (Å²) in [6, 6.07) is 7.02. The standard InChI is InChI=1S/C16H17ClO4/c1-14(2)11-16(21-12(14)18,15(3,4)13(19)20-11)9-5-7-10(17)8-6-9/h5-8,11H,1-4H3/t11-,16-/m1/s1. The summed E-state index contributed by atoms with van der Waals surface area (Å²) < 4.78 is 11.3. The second-order valence-corrected chi connectivity index (χ2v) is 7.20. The Kier molecular flexibility index (Phi) is 2.74. The number of carbonyl (C=O) groups is 2. The Bertz CT molecular complexity index is 630. The first-order chi connectivity index (χ1) is 9.64. The van der Waals surface area contributed by atoms with E-state index in [1.807, 2.05) is 0 Å². The molecule has 112 valence electrons. The molecular formula is C16H17ClO4. The monoisotopic (exact) mass is 308 g/mol. The first-order valence-electron chi connectivity index (χ1n) is 6.84. The first-order valence-corrected chi connectivity index (χ1v) is 7.22. The van der Waals surface area contributed by atoms with E-state index in [0.29, 0.717) is 5.02 Å². The van der Waals surface area contributed by atoms with E-state index in [0.717, 1.165) is 5.56 Å². The van der Waals surface area contributed by atoms with Crippen molar-refractivity contribution in [3.05, 3.63) is 34.9 Å². The van der Waals surface area contributed by atoms with Gasteiger partial charge < -0.3 is 9.47 Å². The number of rotatable bonds is 1. The highest BCUT2D eigenvalue weighted by Gasteiger charge is 2.75. The third kappa shape index (κ3) is 1.57. The van der Waals surface area contributed by atoms with Crippen LogP contribution in [0.1, 0.15) is 33.3 Å². The molecule has 2 fully saturated rings.